The van der Waals surface area contributed by atoms with Gasteiger partial charge < -0.3 is 13.9 Å². The molecule has 0 saturated heterocycles. The third-order valence-corrected chi connectivity index (χ3v) is 3.42. The zero-order valence-corrected chi connectivity index (χ0v) is 12.3. The van der Waals surface area contributed by atoms with E-state index in [0.717, 1.165) is 28.2 Å². The van der Waals surface area contributed by atoms with Crippen molar-refractivity contribution in [3.8, 4) is 11.5 Å². The molecule has 0 radical (unpaired) electrons. The predicted molar refractivity (Wildman–Crippen MR) is 81.1 cm³/mol. The van der Waals surface area contributed by atoms with Gasteiger partial charge in [0.2, 0.25) is 0 Å². The second-order valence-corrected chi connectivity index (χ2v) is 4.93. The van der Waals surface area contributed by atoms with E-state index in [1.807, 2.05) is 43.3 Å². The first kappa shape index (κ1) is 13.5. The maximum absolute atomic E-state index is 5.79. The molecule has 0 amide bonds. The summed E-state index contributed by atoms with van der Waals surface area (Å²) in [6.45, 7) is 2.04. The molecule has 2 aromatic carbocycles. The van der Waals surface area contributed by atoms with E-state index >= 15 is 0 Å². The van der Waals surface area contributed by atoms with Crippen LogP contribution in [0.1, 0.15) is 17.0 Å². The summed E-state index contributed by atoms with van der Waals surface area (Å²) >= 11 is 0. The molecule has 0 spiro atoms. The molecule has 1 heterocycles. The molecule has 3 aromatic rings. The van der Waals surface area contributed by atoms with Gasteiger partial charge in [0, 0.05) is 5.56 Å². The second-order valence-electron chi connectivity index (χ2n) is 4.93. The van der Waals surface area contributed by atoms with E-state index in [0.29, 0.717) is 12.3 Å². The SMILES string of the molecule is COc1ccc(OC)c(Cc2nc3cc(C)ccc3o2)c1. The summed E-state index contributed by atoms with van der Waals surface area (Å²) in [6.07, 6.45) is 0.564. The average Bonchev–Trinajstić information content (AvgIpc) is 2.88. The van der Waals surface area contributed by atoms with Crippen molar-refractivity contribution in [2.45, 2.75) is 13.3 Å². The molecular weight excluding hydrogens is 266 g/mol. The number of rotatable bonds is 4. The number of aromatic nitrogens is 1. The van der Waals surface area contributed by atoms with Crippen molar-refractivity contribution in [2.24, 2.45) is 0 Å². The maximum atomic E-state index is 5.79. The summed E-state index contributed by atoms with van der Waals surface area (Å²) in [5, 5.41) is 0. The van der Waals surface area contributed by atoms with Gasteiger partial charge in [-0.15, -0.1) is 0 Å². The highest BCUT2D eigenvalue weighted by molar-refractivity contribution is 5.73. The molecule has 0 aliphatic rings. The van der Waals surface area contributed by atoms with Crippen LogP contribution in [0.2, 0.25) is 0 Å². The fraction of sp³-hybridized carbons (Fsp3) is 0.235. The summed E-state index contributed by atoms with van der Waals surface area (Å²) in [5.41, 5.74) is 3.84. The van der Waals surface area contributed by atoms with E-state index in [2.05, 4.69) is 4.98 Å². The van der Waals surface area contributed by atoms with Gasteiger partial charge in [-0.25, -0.2) is 4.98 Å². The van der Waals surface area contributed by atoms with Gasteiger partial charge in [0.1, 0.15) is 17.0 Å². The molecular formula is C17H17NO3. The summed E-state index contributed by atoms with van der Waals surface area (Å²) < 4.78 is 16.4. The lowest BCUT2D eigenvalue weighted by atomic mass is 10.1. The number of fused-ring (bicyclic) bond motifs is 1. The highest BCUT2D eigenvalue weighted by Crippen LogP contribution is 2.27. The Morgan fingerprint density at radius 2 is 1.90 bits per heavy atom. The molecule has 3 rings (SSSR count). The Hall–Kier alpha value is -2.49. The predicted octanol–water partition coefficient (Wildman–Crippen LogP) is 3.74. The summed E-state index contributed by atoms with van der Waals surface area (Å²) in [5.74, 6) is 2.26. The molecule has 0 saturated carbocycles. The van der Waals surface area contributed by atoms with Gasteiger partial charge in [0.15, 0.2) is 11.5 Å². The smallest absolute Gasteiger partial charge is 0.200 e. The Kier molecular flexibility index (Phi) is 3.52. The van der Waals surface area contributed by atoms with Gasteiger partial charge in [-0.3, -0.25) is 0 Å². The molecule has 21 heavy (non-hydrogen) atoms. The number of aryl methyl sites for hydroxylation is 1. The van der Waals surface area contributed by atoms with E-state index in [9.17, 15) is 0 Å². The lowest BCUT2D eigenvalue weighted by molar-refractivity contribution is 0.398. The average molecular weight is 283 g/mol. The minimum atomic E-state index is 0.564. The fourth-order valence-corrected chi connectivity index (χ4v) is 2.34. The van der Waals surface area contributed by atoms with Crippen molar-refractivity contribution in [3.05, 3.63) is 53.4 Å². The largest absolute Gasteiger partial charge is 0.497 e. The van der Waals surface area contributed by atoms with Gasteiger partial charge in [-0.05, 0) is 42.8 Å². The van der Waals surface area contributed by atoms with E-state index in [4.69, 9.17) is 13.9 Å². The highest BCUT2D eigenvalue weighted by atomic mass is 16.5. The van der Waals surface area contributed by atoms with Crippen molar-refractivity contribution in [2.75, 3.05) is 14.2 Å². The summed E-state index contributed by atoms with van der Waals surface area (Å²) in [4.78, 5) is 4.54. The molecule has 0 aliphatic heterocycles. The van der Waals surface area contributed by atoms with Crippen LogP contribution in [0, 0.1) is 6.92 Å². The second kappa shape index (κ2) is 5.48. The molecule has 0 atom stereocenters. The van der Waals surface area contributed by atoms with E-state index in [-0.39, 0.29) is 0 Å². The lowest BCUT2D eigenvalue weighted by Crippen LogP contribution is -1.95. The van der Waals surface area contributed by atoms with Crippen molar-refractivity contribution >= 4 is 11.1 Å². The minimum absolute atomic E-state index is 0.564. The van der Waals surface area contributed by atoms with Crippen LogP contribution in [-0.4, -0.2) is 19.2 Å². The number of hydrogen-bond donors (Lipinski definition) is 0. The quantitative estimate of drug-likeness (QED) is 0.731. The van der Waals surface area contributed by atoms with Crippen LogP contribution in [0.15, 0.2) is 40.8 Å². The Morgan fingerprint density at radius 1 is 1.05 bits per heavy atom. The third kappa shape index (κ3) is 2.70. The zero-order chi connectivity index (χ0) is 14.8. The molecule has 4 nitrogen and oxygen atoms in total. The molecule has 0 N–H and O–H groups in total. The zero-order valence-electron chi connectivity index (χ0n) is 12.3. The maximum Gasteiger partial charge on any atom is 0.200 e. The third-order valence-electron chi connectivity index (χ3n) is 3.42. The first-order valence-electron chi connectivity index (χ1n) is 6.76. The van der Waals surface area contributed by atoms with Gasteiger partial charge in [-0.2, -0.15) is 0 Å². The van der Waals surface area contributed by atoms with Gasteiger partial charge in [0.25, 0.3) is 0 Å². The molecule has 4 heteroatoms. The number of oxazole rings is 1. The van der Waals surface area contributed by atoms with Crippen molar-refractivity contribution in [1.82, 2.24) is 4.98 Å². The molecule has 0 bridgehead atoms. The Labute approximate surface area is 123 Å². The molecule has 108 valence electrons. The monoisotopic (exact) mass is 283 g/mol. The van der Waals surface area contributed by atoms with Crippen molar-refractivity contribution in [3.63, 3.8) is 0 Å². The molecule has 0 unspecified atom stereocenters. The minimum Gasteiger partial charge on any atom is -0.497 e. The Bertz CT molecular complexity index is 777. The van der Waals surface area contributed by atoms with Gasteiger partial charge >= 0.3 is 0 Å². The summed E-state index contributed by atoms with van der Waals surface area (Å²) in [7, 11) is 3.30. The number of nitrogens with zero attached hydrogens (tertiary/aromatic N) is 1. The highest BCUT2D eigenvalue weighted by Gasteiger charge is 2.11. The Balaban J connectivity index is 1.97. The van der Waals surface area contributed by atoms with Crippen LogP contribution in [0.3, 0.4) is 0 Å². The molecule has 0 fully saturated rings. The number of benzene rings is 2. The molecule has 0 aliphatic carbocycles. The topological polar surface area (TPSA) is 44.5 Å². The standard InChI is InChI=1S/C17H17NO3/c1-11-4-6-16-14(8-11)18-17(21-16)10-12-9-13(19-2)5-7-15(12)20-3/h4-9H,10H2,1-3H3. The van der Waals surface area contributed by atoms with Crippen molar-refractivity contribution in [1.29, 1.82) is 0 Å². The summed E-state index contributed by atoms with van der Waals surface area (Å²) in [6, 6.07) is 11.7. The van der Waals surface area contributed by atoms with Crippen LogP contribution < -0.4 is 9.47 Å². The number of ether oxygens (including phenoxy) is 2. The van der Waals surface area contributed by atoms with E-state index < -0.39 is 0 Å². The fourth-order valence-electron chi connectivity index (χ4n) is 2.34. The van der Waals surface area contributed by atoms with Gasteiger partial charge in [0.05, 0.1) is 20.6 Å². The number of hydrogen-bond acceptors (Lipinski definition) is 4. The van der Waals surface area contributed by atoms with E-state index in [1.165, 1.54) is 5.56 Å². The molecule has 1 aromatic heterocycles. The van der Waals surface area contributed by atoms with Crippen LogP contribution in [0.4, 0.5) is 0 Å². The van der Waals surface area contributed by atoms with Crippen molar-refractivity contribution < 1.29 is 13.9 Å². The van der Waals surface area contributed by atoms with Crippen LogP contribution in [-0.2, 0) is 6.42 Å². The first-order chi connectivity index (χ1) is 10.2. The first-order valence-corrected chi connectivity index (χ1v) is 6.76. The van der Waals surface area contributed by atoms with Crippen LogP contribution in [0.25, 0.3) is 11.1 Å². The number of methoxy groups -OCH3 is 2. The van der Waals surface area contributed by atoms with E-state index in [1.54, 1.807) is 14.2 Å². The normalized spacial score (nSPS) is 10.8. The van der Waals surface area contributed by atoms with Crippen LogP contribution >= 0.6 is 0 Å². The lowest BCUT2D eigenvalue weighted by Gasteiger charge is -2.08. The van der Waals surface area contributed by atoms with Gasteiger partial charge in [-0.1, -0.05) is 6.07 Å². The Morgan fingerprint density at radius 3 is 2.67 bits per heavy atom. The van der Waals surface area contributed by atoms with Crippen LogP contribution in [0.5, 0.6) is 11.5 Å².